The van der Waals surface area contributed by atoms with E-state index >= 15 is 0 Å². The lowest BCUT2D eigenvalue weighted by Gasteiger charge is -2.37. The fourth-order valence-corrected chi connectivity index (χ4v) is 5.21. The van der Waals surface area contributed by atoms with Gasteiger partial charge in [-0.2, -0.15) is 4.31 Å². The average Bonchev–Trinajstić information content (AvgIpc) is 3.29. The molecule has 0 aliphatic carbocycles. The van der Waals surface area contributed by atoms with Crippen LogP contribution in [0.25, 0.3) is 0 Å². The average molecular weight is 516 g/mol. The number of morpholine rings is 1. The molecule has 3 saturated heterocycles. The molecule has 2 unspecified atom stereocenters. The maximum atomic E-state index is 11.9. The number of guanidine groups is 1. The molecule has 1 N–H and O–H groups in total. The van der Waals surface area contributed by atoms with Crippen molar-refractivity contribution < 1.29 is 17.9 Å². The van der Waals surface area contributed by atoms with Gasteiger partial charge in [0.05, 0.1) is 25.5 Å². The third-order valence-corrected chi connectivity index (χ3v) is 6.64. The van der Waals surface area contributed by atoms with Gasteiger partial charge in [0.15, 0.2) is 5.96 Å². The van der Waals surface area contributed by atoms with Crippen molar-refractivity contribution in [3.63, 3.8) is 0 Å². The first kappa shape index (κ1) is 23.1. The molecule has 3 aliphatic heterocycles. The van der Waals surface area contributed by atoms with Crippen molar-refractivity contribution in [3.8, 4) is 0 Å². The minimum absolute atomic E-state index is 0. The van der Waals surface area contributed by atoms with Gasteiger partial charge in [0, 0.05) is 38.8 Å². The number of hydrogen-bond acceptors (Lipinski definition) is 5. The molecule has 0 amide bonds. The molecule has 0 aromatic carbocycles. The van der Waals surface area contributed by atoms with Gasteiger partial charge in [-0.25, -0.2) is 8.42 Å². The van der Waals surface area contributed by atoms with E-state index in [1.165, 1.54) is 6.26 Å². The Bertz CT molecular complexity index is 598. The van der Waals surface area contributed by atoms with Crippen LogP contribution in [-0.4, -0.2) is 94.0 Å². The van der Waals surface area contributed by atoms with Gasteiger partial charge in [0.2, 0.25) is 10.0 Å². The highest BCUT2D eigenvalue weighted by molar-refractivity contribution is 14.0. The molecule has 158 valence electrons. The Kier molecular flexibility index (Phi) is 9.04. The summed E-state index contributed by atoms with van der Waals surface area (Å²) in [6.45, 7) is 6.96. The van der Waals surface area contributed by atoms with Crippen LogP contribution in [0.5, 0.6) is 0 Å². The second-order valence-corrected chi connectivity index (χ2v) is 9.21. The number of ether oxygens (including phenoxy) is 2. The van der Waals surface area contributed by atoms with E-state index in [1.807, 2.05) is 6.92 Å². The highest BCUT2D eigenvalue weighted by atomic mass is 127. The molecule has 0 bridgehead atoms. The van der Waals surface area contributed by atoms with Gasteiger partial charge in [0.1, 0.15) is 6.10 Å². The molecule has 0 aromatic heterocycles. The second-order valence-electron chi connectivity index (χ2n) is 7.27. The molecular weight excluding hydrogens is 483 g/mol. The molecule has 3 atom stereocenters. The fourth-order valence-electron chi connectivity index (χ4n) is 4.03. The molecule has 3 heterocycles. The Morgan fingerprint density at radius 1 is 1.15 bits per heavy atom. The van der Waals surface area contributed by atoms with Crippen molar-refractivity contribution in [1.82, 2.24) is 14.5 Å². The zero-order valence-corrected chi connectivity index (χ0v) is 19.4. The van der Waals surface area contributed by atoms with E-state index in [-0.39, 0.29) is 42.2 Å². The van der Waals surface area contributed by atoms with Crippen molar-refractivity contribution in [3.05, 3.63) is 0 Å². The lowest BCUT2D eigenvalue weighted by molar-refractivity contribution is -0.0817. The predicted octanol–water partition coefficient (Wildman–Crippen LogP) is 0.874. The van der Waals surface area contributed by atoms with E-state index in [0.717, 1.165) is 57.9 Å². The maximum Gasteiger partial charge on any atom is 0.211 e. The monoisotopic (exact) mass is 516 g/mol. The summed E-state index contributed by atoms with van der Waals surface area (Å²) in [5, 5.41) is 3.35. The number of hydrogen-bond donors (Lipinski definition) is 1. The molecule has 0 saturated carbocycles. The van der Waals surface area contributed by atoms with Gasteiger partial charge >= 0.3 is 0 Å². The lowest BCUT2D eigenvalue weighted by Crippen LogP contribution is -2.53. The van der Waals surface area contributed by atoms with Crippen molar-refractivity contribution in [2.75, 3.05) is 52.2 Å². The summed E-state index contributed by atoms with van der Waals surface area (Å²) >= 11 is 0. The van der Waals surface area contributed by atoms with E-state index in [0.29, 0.717) is 19.7 Å². The molecule has 3 rings (SSSR count). The van der Waals surface area contributed by atoms with Crippen molar-refractivity contribution in [2.45, 2.75) is 50.9 Å². The Morgan fingerprint density at radius 2 is 1.93 bits per heavy atom. The zero-order valence-electron chi connectivity index (χ0n) is 16.3. The Balaban J connectivity index is 0.00000261. The highest BCUT2D eigenvalue weighted by Crippen LogP contribution is 2.22. The van der Waals surface area contributed by atoms with Gasteiger partial charge < -0.3 is 19.7 Å². The molecular formula is C17H33IN4O4S. The molecule has 0 radical (unpaired) electrons. The number of sulfonamides is 1. The number of rotatable bonds is 5. The number of nitrogens with one attached hydrogen (secondary N) is 1. The van der Waals surface area contributed by atoms with Crippen LogP contribution in [0, 0.1) is 0 Å². The van der Waals surface area contributed by atoms with Crippen molar-refractivity contribution >= 4 is 40.0 Å². The van der Waals surface area contributed by atoms with Crippen LogP contribution in [0.3, 0.4) is 0 Å². The minimum Gasteiger partial charge on any atom is -0.375 e. The fraction of sp³-hybridized carbons (Fsp3) is 0.941. The normalized spacial score (nSPS) is 30.4. The highest BCUT2D eigenvalue weighted by Gasteiger charge is 2.33. The van der Waals surface area contributed by atoms with Crippen molar-refractivity contribution in [2.24, 2.45) is 4.99 Å². The van der Waals surface area contributed by atoms with Crippen LogP contribution in [-0.2, 0) is 19.5 Å². The molecule has 3 fully saturated rings. The van der Waals surface area contributed by atoms with E-state index in [2.05, 4.69) is 10.2 Å². The van der Waals surface area contributed by atoms with Crippen LogP contribution in [0.15, 0.2) is 4.99 Å². The Morgan fingerprint density at radius 3 is 2.59 bits per heavy atom. The van der Waals surface area contributed by atoms with Crippen LogP contribution in [0.4, 0.5) is 0 Å². The van der Waals surface area contributed by atoms with Gasteiger partial charge in [-0.3, -0.25) is 4.99 Å². The molecule has 0 spiro atoms. The van der Waals surface area contributed by atoms with E-state index in [4.69, 9.17) is 14.5 Å². The molecule has 27 heavy (non-hydrogen) atoms. The summed E-state index contributed by atoms with van der Waals surface area (Å²) in [6, 6.07) is -0.0336. The summed E-state index contributed by atoms with van der Waals surface area (Å²) in [7, 11) is -3.16. The Hall–Kier alpha value is -0.170. The van der Waals surface area contributed by atoms with Crippen LogP contribution in [0.1, 0.15) is 32.6 Å². The smallest absolute Gasteiger partial charge is 0.211 e. The van der Waals surface area contributed by atoms with Gasteiger partial charge in [-0.05, 0) is 32.6 Å². The first-order valence-electron chi connectivity index (χ1n) is 9.72. The number of aliphatic imine (C=N–C) groups is 1. The maximum absolute atomic E-state index is 11.9. The Labute approximate surface area is 180 Å². The first-order valence-corrected chi connectivity index (χ1v) is 11.6. The molecule has 3 aliphatic rings. The summed E-state index contributed by atoms with van der Waals surface area (Å²) in [5.41, 5.74) is 0. The number of nitrogens with zero attached hydrogens (tertiary/aromatic N) is 3. The lowest BCUT2D eigenvalue weighted by atomic mass is 10.1. The largest absolute Gasteiger partial charge is 0.375 e. The van der Waals surface area contributed by atoms with Gasteiger partial charge in [-0.15, -0.1) is 24.0 Å². The molecule has 8 nitrogen and oxygen atoms in total. The quantitative estimate of drug-likeness (QED) is 0.332. The summed E-state index contributed by atoms with van der Waals surface area (Å²) in [4.78, 5) is 6.99. The molecule has 10 heteroatoms. The predicted molar refractivity (Wildman–Crippen MR) is 116 cm³/mol. The van der Waals surface area contributed by atoms with Crippen LogP contribution < -0.4 is 5.32 Å². The summed E-state index contributed by atoms with van der Waals surface area (Å²) in [6.07, 6.45) is 5.47. The molecule has 0 aromatic rings. The zero-order chi connectivity index (χ0) is 18.6. The van der Waals surface area contributed by atoms with E-state index in [1.54, 1.807) is 4.31 Å². The topological polar surface area (TPSA) is 83.5 Å². The minimum atomic E-state index is -3.16. The standard InChI is InChI=1S/C17H32N4O4S.HI/c1-3-18-17(19-12-14-6-4-8-21(14)26(2,22)23)20-9-11-25-16(13-20)15-7-5-10-24-15;/h14-16H,3-13H2,1-2H3,(H,18,19);1H/t14-,15?,16?;/m1./s1. The number of halogens is 1. The SMILES string of the molecule is CCNC(=NC[C@H]1CCCN1S(C)(=O)=O)N1CCOC(C2CCCO2)C1.I. The van der Waals surface area contributed by atoms with Crippen molar-refractivity contribution in [1.29, 1.82) is 0 Å². The van der Waals surface area contributed by atoms with Crippen LogP contribution >= 0.6 is 24.0 Å². The second kappa shape index (κ2) is 10.6. The van der Waals surface area contributed by atoms with Gasteiger partial charge in [0.25, 0.3) is 0 Å². The third-order valence-electron chi connectivity index (χ3n) is 5.31. The van der Waals surface area contributed by atoms with E-state index < -0.39 is 10.0 Å². The first-order chi connectivity index (χ1) is 12.5. The van der Waals surface area contributed by atoms with Gasteiger partial charge in [-0.1, -0.05) is 0 Å². The van der Waals surface area contributed by atoms with E-state index in [9.17, 15) is 8.42 Å². The summed E-state index contributed by atoms with van der Waals surface area (Å²) < 4.78 is 37.2. The third kappa shape index (κ3) is 6.15. The summed E-state index contributed by atoms with van der Waals surface area (Å²) in [5.74, 6) is 0.846. The van der Waals surface area contributed by atoms with Crippen LogP contribution in [0.2, 0.25) is 0 Å².